The van der Waals surface area contributed by atoms with E-state index in [1.165, 1.54) is 21.2 Å². The van der Waals surface area contributed by atoms with Crippen LogP contribution in [0.4, 0.5) is 0 Å². The number of carboxylic acids is 1. The molecule has 0 atom stereocenters. The molecular weight excluding hydrogens is 336 g/mol. The second kappa shape index (κ2) is 6.26. The molecule has 1 fully saturated rings. The third-order valence-electron chi connectivity index (χ3n) is 4.73. The van der Waals surface area contributed by atoms with Crippen molar-refractivity contribution in [2.45, 2.75) is 34.6 Å². The first-order chi connectivity index (χ1) is 11.7. The number of benzene rings is 2. The van der Waals surface area contributed by atoms with Gasteiger partial charge in [-0.05, 0) is 41.3 Å². The van der Waals surface area contributed by atoms with Crippen LogP contribution in [-0.4, -0.2) is 15.8 Å². The molecule has 0 saturated heterocycles. The van der Waals surface area contributed by atoms with Crippen molar-refractivity contribution in [3.8, 4) is 10.4 Å². The first-order valence-electron chi connectivity index (χ1n) is 8.18. The van der Waals surface area contributed by atoms with E-state index in [2.05, 4.69) is 54.6 Å². The molecule has 122 valence electrons. The van der Waals surface area contributed by atoms with Crippen LogP contribution in [0.25, 0.3) is 21.2 Å². The summed E-state index contributed by atoms with van der Waals surface area (Å²) in [6.07, 6.45) is 3.57. The lowest BCUT2D eigenvalue weighted by molar-refractivity contribution is -0.139. The standard InChI is InChI=1S/C20H18O2S2/c21-19(22)20(12-3-4-13-20)24-18-11-10-17(23-18)16-9-5-7-14-6-1-2-8-15(14)16/h1-2,5-11H,3-4,12-13H2,(H,21,22). The van der Waals surface area contributed by atoms with Crippen molar-refractivity contribution < 1.29 is 9.90 Å². The fourth-order valence-electron chi connectivity index (χ4n) is 3.46. The summed E-state index contributed by atoms with van der Waals surface area (Å²) in [5, 5.41) is 12.1. The number of hydrogen-bond donors (Lipinski definition) is 1. The number of carbonyl (C=O) groups is 1. The van der Waals surface area contributed by atoms with Crippen LogP contribution in [0.1, 0.15) is 25.7 Å². The fourth-order valence-corrected chi connectivity index (χ4v) is 6.25. The van der Waals surface area contributed by atoms with E-state index in [1.807, 2.05) is 0 Å². The van der Waals surface area contributed by atoms with Gasteiger partial charge in [-0.15, -0.1) is 11.3 Å². The number of carboxylic acid groups (broad SMARTS) is 1. The molecule has 2 aromatic carbocycles. The van der Waals surface area contributed by atoms with Crippen LogP contribution < -0.4 is 0 Å². The number of thiophene rings is 1. The zero-order chi connectivity index (χ0) is 16.6. The van der Waals surface area contributed by atoms with Crippen molar-refractivity contribution >= 4 is 39.8 Å². The van der Waals surface area contributed by atoms with E-state index in [9.17, 15) is 9.90 Å². The Labute approximate surface area is 149 Å². The summed E-state index contributed by atoms with van der Waals surface area (Å²) in [6, 6.07) is 18.9. The molecule has 1 aromatic heterocycles. The Morgan fingerprint density at radius 3 is 2.54 bits per heavy atom. The van der Waals surface area contributed by atoms with Gasteiger partial charge in [0.05, 0.1) is 4.21 Å². The van der Waals surface area contributed by atoms with Crippen molar-refractivity contribution in [3.05, 3.63) is 54.6 Å². The first kappa shape index (κ1) is 15.7. The topological polar surface area (TPSA) is 37.3 Å². The highest BCUT2D eigenvalue weighted by Gasteiger charge is 2.42. The van der Waals surface area contributed by atoms with E-state index >= 15 is 0 Å². The molecule has 0 unspecified atom stereocenters. The van der Waals surface area contributed by atoms with Gasteiger partial charge >= 0.3 is 5.97 Å². The lowest BCUT2D eigenvalue weighted by atomic mass is 10.0. The smallest absolute Gasteiger partial charge is 0.320 e. The second-order valence-electron chi connectivity index (χ2n) is 6.25. The van der Waals surface area contributed by atoms with Crippen molar-refractivity contribution in [1.82, 2.24) is 0 Å². The average molecular weight is 354 g/mol. The van der Waals surface area contributed by atoms with Gasteiger partial charge in [0.1, 0.15) is 4.75 Å². The van der Waals surface area contributed by atoms with E-state index in [0.29, 0.717) is 0 Å². The lowest BCUT2D eigenvalue weighted by Gasteiger charge is -2.21. The Balaban J connectivity index is 1.69. The number of rotatable bonds is 4. The number of fused-ring (bicyclic) bond motifs is 1. The summed E-state index contributed by atoms with van der Waals surface area (Å²) in [4.78, 5) is 13.0. The lowest BCUT2D eigenvalue weighted by Crippen LogP contribution is -2.31. The maximum atomic E-state index is 11.8. The molecule has 0 spiro atoms. The van der Waals surface area contributed by atoms with Crippen LogP contribution in [0.2, 0.25) is 0 Å². The predicted molar refractivity (Wildman–Crippen MR) is 102 cm³/mol. The molecule has 4 heteroatoms. The monoisotopic (exact) mass is 354 g/mol. The highest BCUT2D eigenvalue weighted by atomic mass is 32.2. The molecule has 1 N–H and O–H groups in total. The highest BCUT2D eigenvalue weighted by Crippen LogP contribution is 2.48. The Morgan fingerprint density at radius 1 is 1.00 bits per heavy atom. The second-order valence-corrected chi connectivity index (χ2v) is 9.02. The molecule has 1 aliphatic carbocycles. The normalized spacial score (nSPS) is 16.5. The largest absolute Gasteiger partial charge is 0.480 e. The molecule has 24 heavy (non-hydrogen) atoms. The molecule has 1 heterocycles. The van der Waals surface area contributed by atoms with Gasteiger partial charge in [-0.2, -0.15) is 0 Å². The highest BCUT2D eigenvalue weighted by molar-refractivity contribution is 8.03. The Bertz CT molecular complexity index is 886. The Morgan fingerprint density at radius 2 is 1.75 bits per heavy atom. The molecule has 4 rings (SSSR count). The Hall–Kier alpha value is -1.78. The van der Waals surface area contributed by atoms with Gasteiger partial charge in [0.25, 0.3) is 0 Å². The fraction of sp³-hybridized carbons (Fsp3) is 0.250. The molecule has 2 nitrogen and oxygen atoms in total. The van der Waals surface area contributed by atoms with Gasteiger partial charge in [-0.25, -0.2) is 0 Å². The van der Waals surface area contributed by atoms with Gasteiger partial charge in [0.15, 0.2) is 0 Å². The summed E-state index contributed by atoms with van der Waals surface area (Å²) < 4.78 is 0.475. The molecule has 1 saturated carbocycles. The van der Waals surface area contributed by atoms with E-state index < -0.39 is 10.7 Å². The van der Waals surface area contributed by atoms with Crippen molar-refractivity contribution in [1.29, 1.82) is 0 Å². The van der Waals surface area contributed by atoms with Crippen molar-refractivity contribution in [2.24, 2.45) is 0 Å². The van der Waals surface area contributed by atoms with E-state index in [4.69, 9.17) is 0 Å². The van der Waals surface area contributed by atoms with Crippen LogP contribution in [0.15, 0.2) is 58.8 Å². The predicted octanol–water partition coefficient (Wildman–Crippen LogP) is 6.06. The molecular formula is C20H18O2S2. The molecule has 1 aliphatic rings. The molecule has 0 bridgehead atoms. The van der Waals surface area contributed by atoms with E-state index in [0.717, 1.165) is 29.9 Å². The maximum Gasteiger partial charge on any atom is 0.320 e. The van der Waals surface area contributed by atoms with Crippen LogP contribution >= 0.6 is 23.1 Å². The van der Waals surface area contributed by atoms with Crippen LogP contribution in [0.5, 0.6) is 0 Å². The van der Waals surface area contributed by atoms with Gasteiger partial charge in [-0.3, -0.25) is 4.79 Å². The zero-order valence-corrected chi connectivity index (χ0v) is 14.8. The number of thioether (sulfide) groups is 1. The van der Waals surface area contributed by atoms with Gasteiger partial charge < -0.3 is 5.11 Å². The Kier molecular flexibility index (Phi) is 4.10. The SMILES string of the molecule is O=C(O)C1(Sc2ccc(-c3cccc4ccccc34)s2)CCCC1. The summed E-state index contributed by atoms with van der Waals surface area (Å²) >= 11 is 3.25. The van der Waals surface area contributed by atoms with Gasteiger partial charge in [0.2, 0.25) is 0 Å². The minimum Gasteiger partial charge on any atom is -0.480 e. The van der Waals surface area contributed by atoms with E-state index in [1.54, 1.807) is 23.1 Å². The molecule has 0 radical (unpaired) electrons. The zero-order valence-electron chi connectivity index (χ0n) is 13.2. The minimum atomic E-state index is -0.662. The number of aliphatic carboxylic acids is 1. The molecule has 0 aliphatic heterocycles. The minimum absolute atomic E-state index is 0.624. The quantitative estimate of drug-likeness (QED) is 0.619. The summed E-state index contributed by atoms with van der Waals surface area (Å²) in [5.74, 6) is -0.662. The molecule has 0 amide bonds. The molecule has 3 aromatic rings. The van der Waals surface area contributed by atoms with Crippen LogP contribution in [0, 0.1) is 0 Å². The van der Waals surface area contributed by atoms with Gasteiger partial charge in [0, 0.05) is 4.88 Å². The first-order valence-corrected chi connectivity index (χ1v) is 9.82. The van der Waals surface area contributed by atoms with Crippen LogP contribution in [-0.2, 0) is 4.79 Å². The average Bonchev–Trinajstić information content (AvgIpc) is 3.25. The van der Waals surface area contributed by atoms with Crippen molar-refractivity contribution in [3.63, 3.8) is 0 Å². The van der Waals surface area contributed by atoms with Crippen LogP contribution in [0.3, 0.4) is 0 Å². The summed E-state index contributed by atoms with van der Waals surface area (Å²) in [7, 11) is 0. The van der Waals surface area contributed by atoms with Gasteiger partial charge in [-0.1, -0.05) is 67.1 Å². The summed E-state index contributed by atoms with van der Waals surface area (Å²) in [5.41, 5.74) is 1.22. The third-order valence-corrected chi connectivity index (χ3v) is 7.46. The van der Waals surface area contributed by atoms with Crippen molar-refractivity contribution in [2.75, 3.05) is 0 Å². The number of hydrogen-bond acceptors (Lipinski definition) is 3. The van der Waals surface area contributed by atoms with E-state index in [-0.39, 0.29) is 0 Å². The maximum absolute atomic E-state index is 11.8. The summed E-state index contributed by atoms with van der Waals surface area (Å²) in [6.45, 7) is 0. The third kappa shape index (κ3) is 2.74.